The number of benzene rings is 3. The Balaban J connectivity index is 1.52. The Morgan fingerprint density at radius 1 is 1.00 bits per heavy atom. The summed E-state index contributed by atoms with van der Waals surface area (Å²) in [6.07, 6.45) is -0.253. The van der Waals surface area contributed by atoms with Crippen LogP contribution in [0, 0.1) is 0 Å². The van der Waals surface area contributed by atoms with E-state index in [0.717, 1.165) is 23.4 Å². The number of likely N-dealkylation sites (N-methyl/N-ethyl adjacent to an activating group) is 1. The maximum Gasteiger partial charge on any atom is 0.267 e. The molecule has 1 N–H and O–H groups in total. The molecule has 3 aromatic rings. The van der Waals surface area contributed by atoms with Gasteiger partial charge in [0.25, 0.3) is 5.91 Å². The molecule has 176 valence electrons. The monoisotopic (exact) mass is 457 g/mol. The van der Waals surface area contributed by atoms with Gasteiger partial charge in [-0.2, -0.15) is 0 Å². The van der Waals surface area contributed by atoms with Gasteiger partial charge in [-0.15, -0.1) is 0 Å². The molecule has 0 spiro atoms. The number of carbonyl (C=O) groups excluding carboxylic acids is 2. The number of carbonyl (C=O) groups is 2. The van der Waals surface area contributed by atoms with Crippen molar-refractivity contribution in [3.05, 3.63) is 90.0 Å². The molecule has 0 radical (unpaired) electrons. The fourth-order valence-electron chi connectivity index (χ4n) is 4.22. The van der Waals surface area contributed by atoms with E-state index in [9.17, 15) is 9.59 Å². The number of nitrogens with one attached hydrogen (secondary N) is 1. The summed E-state index contributed by atoms with van der Waals surface area (Å²) in [5, 5.41) is 3.02. The Bertz CT molecular complexity index is 1090. The van der Waals surface area contributed by atoms with Crippen molar-refractivity contribution >= 4 is 23.2 Å². The Morgan fingerprint density at radius 3 is 2.21 bits per heavy atom. The lowest BCUT2D eigenvalue weighted by molar-refractivity contribution is -0.125. The molecule has 2 amide bonds. The maximum atomic E-state index is 13.1. The lowest BCUT2D eigenvalue weighted by Gasteiger charge is -2.34. The van der Waals surface area contributed by atoms with Crippen molar-refractivity contribution in [2.24, 2.45) is 0 Å². The first-order chi connectivity index (χ1) is 16.4. The highest BCUT2D eigenvalue weighted by atomic mass is 16.5. The van der Waals surface area contributed by atoms with Crippen LogP contribution < -0.4 is 15.0 Å². The van der Waals surface area contributed by atoms with Gasteiger partial charge >= 0.3 is 0 Å². The molecule has 1 atom stereocenters. The Labute approximate surface area is 201 Å². The summed E-state index contributed by atoms with van der Waals surface area (Å²) in [7, 11) is 3.96. The van der Waals surface area contributed by atoms with Gasteiger partial charge in [-0.25, -0.2) is 0 Å². The Hall–Kier alpha value is -3.64. The minimum atomic E-state index is -0.568. The molecular weight excluding hydrogens is 426 g/mol. The van der Waals surface area contributed by atoms with E-state index in [1.54, 1.807) is 17.9 Å². The van der Waals surface area contributed by atoms with Gasteiger partial charge in [-0.05, 0) is 44.3 Å². The Morgan fingerprint density at radius 2 is 1.62 bits per heavy atom. The zero-order valence-corrected chi connectivity index (χ0v) is 19.9. The van der Waals surface area contributed by atoms with Crippen molar-refractivity contribution < 1.29 is 14.3 Å². The predicted octanol–water partition coefficient (Wildman–Crippen LogP) is 4.52. The molecule has 1 unspecified atom stereocenters. The second-order valence-electron chi connectivity index (χ2n) is 8.86. The second-order valence-corrected chi connectivity index (χ2v) is 8.86. The molecule has 0 saturated carbocycles. The standard InChI is InChI=1S/C28H31N3O3/c1-20-28(33)31(17-16-30(2)3)25-15-14-23(18-26(25)34-20)29-27(32)19-24(21-10-6-4-7-11-21)22-12-8-5-9-13-22/h4-15,18,20,24H,16-17,19H2,1-3H3,(H,29,32). The van der Waals surface area contributed by atoms with Crippen molar-refractivity contribution in [2.45, 2.75) is 25.4 Å². The number of nitrogens with zero attached hydrogens (tertiary/aromatic N) is 2. The first-order valence-corrected chi connectivity index (χ1v) is 11.6. The molecule has 0 saturated heterocycles. The summed E-state index contributed by atoms with van der Waals surface area (Å²) >= 11 is 0. The van der Waals surface area contributed by atoms with Crippen LogP contribution in [0.4, 0.5) is 11.4 Å². The van der Waals surface area contributed by atoms with Gasteiger partial charge in [-0.1, -0.05) is 60.7 Å². The van der Waals surface area contributed by atoms with Crippen molar-refractivity contribution in [2.75, 3.05) is 37.4 Å². The molecule has 1 aliphatic heterocycles. The van der Waals surface area contributed by atoms with Gasteiger partial charge in [0, 0.05) is 37.2 Å². The SMILES string of the molecule is CC1Oc2cc(NC(=O)CC(c3ccccc3)c3ccccc3)ccc2N(CCN(C)C)C1=O. The molecule has 34 heavy (non-hydrogen) atoms. The van der Waals surface area contributed by atoms with E-state index in [1.807, 2.05) is 67.5 Å². The van der Waals surface area contributed by atoms with Gasteiger partial charge in [-0.3, -0.25) is 9.59 Å². The fourth-order valence-corrected chi connectivity index (χ4v) is 4.22. The van der Waals surface area contributed by atoms with Crippen LogP contribution in [0.3, 0.4) is 0 Å². The summed E-state index contributed by atoms with van der Waals surface area (Å²) < 4.78 is 5.87. The highest BCUT2D eigenvalue weighted by molar-refractivity contribution is 6.00. The topological polar surface area (TPSA) is 61.9 Å². The summed E-state index contributed by atoms with van der Waals surface area (Å²) in [6, 6.07) is 25.6. The number of rotatable bonds is 8. The average Bonchev–Trinajstić information content (AvgIpc) is 2.84. The zero-order valence-electron chi connectivity index (χ0n) is 19.9. The number of hydrogen-bond donors (Lipinski definition) is 1. The third kappa shape index (κ3) is 5.46. The normalized spacial score (nSPS) is 15.3. The molecule has 0 fully saturated rings. The van der Waals surface area contributed by atoms with E-state index in [1.165, 1.54) is 0 Å². The van der Waals surface area contributed by atoms with Gasteiger partial charge in [0.05, 0.1) is 5.69 Å². The van der Waals surface area contributed by atoms with Gasteiger partial charge in [0.2, 0.25) is 5.91 Å². The number of ether oxygens (including phenoxy) is 1. The van der Waals surface area contributed by atoms with Gasteiger partial charge < -0.3 is 19.9 Å². The van der Waals surface area contributed by atoms with Gasteiger partial charge in [0.15, 0.2) is 6.10 Å². The Kier molecular flexibility index (Phi) is 7.28. The average molecular weight is 458 g/mol. The van der Waals surface area contributed by atoms with E-state index in [2.05, 4.69) is 29.6 Å². The summed E-state index contributed by atoms with van der Waals surface area (Å²) in [5.41, 5.74) is 3.58. The summed E-state index contributed by atoms with van der Waals surface area (Å²) in [6.45, 7) is 3.08. The molecule has 6 nitrogen and oxygen atoms in total. The van der Waals surface area contributed by atoms with Crippen LogP contribution in [0.5, 0.6) is 5.75 Å². The molecule has 1 aliphatic rings. The number of hydrogen-bond acceptors (Lipinski definition) is 4. The maximum absolute atomic E-state index is 13.1. The third-order valence-electron chi connectivity index (χ3n) is 6.02. The molecule has 0 bridgehead atoms. The van der Waals surface area contributed by atoms with E-state index < -0.39 is 6.10 Å². The zero-order chi connectivity index (χ0) is 24.1. The quantitative estimate of drug-likeness (QED) is 0.540. The van der Waals surface area contributed by atoms with Crippen LogP contribution in [0.25, 0.3) is 0 Å². The molecular formula is C28H31N3O3. The molecule has 3 aromatic carbocycles. The van der Waals surface area contributed by atoms with Gasteiger partial charge in [0.1, 0.15) is 5.75 Å². The second kappa shape index (κ2) is 10.5. The number of anilines is 2. The summed E-state index contributed by atoms with van der Waals surface area (Å²) in [5.74, 6) is 0.420. The minimum Gasteiger partial charge on any atom is -0.479 e. The predicted molar refractivity (Wildman–Crippen MR) is 135 cm³/mol. The van der Waals surface area contributed by atoms with E-state index in [0.29, 0.717) is 24.4 Å². The molecule has 1 heterocycles. The van der Waals surface area contributed by atoms with Crippen LogP contribution in [0.1, 0.15) is 30.4 Å². The smallest absolute Gasteiger partial charge is 0.267 e. The highest BCUT2D eigenvalue weighted by Crippen LogP contribution is 2.36. The highest BCUT2D eigenvalue weighted by Gasteiger charge is 2.31. The van der Waals surface area contributed by atoms with E-state index >= 15 is 0 Å². The molecule has 4 rings (SSSR count). The van der Waals surface area contributed by atoms with Crippen molar-refractivity contribution in [1.29, 1.82) is 0 Å². The first kappa shape index (κ1) is 23.5. The van der Waals surface area contributed by atoms with Crippen molar-refractivity contribution in [3.8, 4) is 5.75 Å². The molecule has 0 aliphatic carbocycles. The number of fused-ring (bicyclic) bond motifs is 1. The summed E-state index contributed by atoms with van der Waals surface area (Å²) in [4.78, 5) is 29.5. The van der Waals surface area contributed by atoms with Crippen LogP contribution >= 0.6 is 0 Å². The number of amides is 2. The van der Waals surface area contributed by atoms with E-state index in [4.69, 9.17) is 4.74 Å². The lowest BCUT2D eigenvalue weighted by atomic mass is 9.88. The third-order valence-corrected chi connectivity index (χ3v) is 6.02. The molecule has 6 heteroatoms. The minimum absolute atomic E-state index is 0.0459. The van der Waals surface area contributed by atoms with Crippen LogP contribution in [0.15, 0.2) is 78.9 Å². The van der Waals surface area contributed by atoms with E-state index in [-0.39, 0.29) is 17.7 Å². The van der Waals surface area contributed by atoms with Crippen LogP contribution in [0.2, 0.25) is 0 Å². The van der Waals surface area contributed by atoms with Crippen molar-refractivity contribution in [1.82, 2.24) is 4.90 Å². The largest absolute Gasteiger partial charge is 0.479 e. The van der Waals surface area contributed by atoms with Crippen molar-refractivity contribution in [3.63, 3.8) is 0 Å². The first-order valence-electron chi connectivity index (χ1n) is 11.6. The lowest BCUT2D eigenvalue weighted by Crippen LogP contribution is -2.46. The fraction of sp³-hybridized carbons (Fsp3) is 0.286. The van der Waals surface area contributed by atoms with Crippen LogP contribution in [-0.2, 0) is 9.59 Å². The molecule has 0 aromatic heterocycles. The van der Waals surface area contributed by atoms with Crippen LogP contribution in [-0.4, -0.2) is 50.0 Å².